The molecule has 1 aliphatic rings. The minimum atomic E-state index is 0.358. The third-order valence-electron chi connectivity index (χ3n) is 3.94. The van der Waals surface area contributed by atoms with E-state index in [9.17, 15) is 0 Å². The zero-order chi connectivity index (χ0) is 12.5. The number of hydrogen-bond donors (Lipinski definition) is 1. The molecule has 0 amide bonds. The smallest absolute Gasteiger partial charge is 0.0584 e. The molecule has 1 heterocycles. The zero-order valence-corrected chi connectivity index (χ0v) is 11.0. The summed E-state index contributed by atoms with van der Waals surface area (Å²) in [6.45, 7) is 5.48. The summed E-state index contributed by atoms with van der Waals surface area (Å²) in [7, 11) is 0. The van der Waals surface area contributed by atoms with Gasteiger partial charge in [0.2, 0.25) is 0 Å². The molecule has 0 fully saturated rings. The van der Waals surface area contributed by atoms with Gasteiger partial charge in [-0.2, -0.15) is 0 Å². The summed E-state index contributed by atoms with van der Waals surface area (Å²) in [6, 6.07) is 15.7. The molecule has 1 aliphatic heterocycles. The van der Waals surface area contributed by atoms with E-state index in [4.69, 9.17) is 0 Å². The van der Waals surface area contributed by atoms with Crippen LogP contribution < -0.4 is 5.32 Å². The quantitative estimate of drug-likeness (QED) is 0.800. The molecule has 0 radical (unpaired) electrons. The van der Waals surface area contributed by atoms with Gasteiger partial charge in [-0.05, 0) is 48.1 Å². The van der Waals surface area contributed by atoms with Crippen LogP contribution in [-0.2, 0) is 6.42 Å². The SMILES string of the molecule is Cc1cccc(C)c1C1NCCc2ccccc21. The van der Waals surface area contributed by atoms with Crippen LogP contribution in [0.1, 0.15) is 33.9 Å². The summed E-state index contributed by atoms with van der Waals surface area (Å²) in [6.07, 6.45) is 1.14. The van der Waals surface area contributed by atoms with Crippen molar-refractivity contribution in [2.75, 3.05) is 6.54 Å². The Morgan fingerprint density at radius 3 is 2.44 bits per heavy atom. The monoisotopic (exact) mass is 237 g/mol. The standard InChI is InChI=1S/C17H19N/c1-12-6-5-7-13(2)16(12)17-15-9-4-3-8-14(15)10-11-18-17/h3-9,17-18H,10-11H2,1-2H3. The summed E-state index contributed by atoms with van der Waals surface area (Å²) in [5.41, 5.74) is 7.14. The second-order valence-electron chi connectivity index (χ2n) is 5.14. The topological polar surface area (TPSA) is 12.0 Å². The van der Waals surface area contributed by atoms with Gasteiger partial charge < -0.3 is 5.32 Å². The third kappa shape index (κ3) is 1.85. The average molecular weight is 237 g/mol. The summed E-state index contributed by atoms with van der Waals surface area (Å²) >= 11 is 0. The van der Waals surface area contributed by atoms with Gasteiger partial charge in [-0.15, -0.1) is 0 Å². The highest BCUT2D eigenvalue weighted by atomic mass is 14.9. The molecule has 0 saturated heterocycles. The Bertz CT molecular complexity index is 551. The Kier molecular flexibility index (Phi) is 2.92. The first-order valence-corrected chi connectivity index (χ1v) is 6.64. The highest BCUT2D eigenvalue weighted by Crippen LogP contribution is 2.32. The lowest BCUT2D eigenvalue weighted by Crippen LogP contribution is -2.31. The molecule has 1 heteroatoms. The summed E-state index contributed by atoms with van der Waals surface area (Å²) in [5, 5.41) is 3.67. The maximum Gasteiger partial charge on any atom is 0.0584 e. The Labute approximate surface area is 109 Å². The molecule has 0 aliphatic carbocycles. The van der Waals surface area contributed by atoms with Crippen LogP contribution in [0.4, 0.5) is 0 Å². The molecule has 1 atom stereocenters. The van der Waals surface area contributed by atoms with E-state index < -0.39 is 0 Å². The van der Waals surface area contributed by atoms with Gasteiger partial charge >= 0.3 is 0 Å². The van der Waals surface area contributed by atoms with E-state index in [1.54, 1.807) is 0 Å². The second kappa shape index (κ2) is 4.58. The van der Waals surface area contributed by atoms with Gasteiger partial charge in [0, 0.05) is 6.54 Å². The maximum absolute atomic E-state index is 3.67. The van der Waals surface area contributed by atoms with Crippen LogP contribution in [0, 0.1) is 13.8 Å². The van der Waals surface area contributed by atoms with Gasteiger partial charge in [-0.25, -0.2) is 0 Å². The van der Waals surface area contributed by atoms with Gasteiger partial charge in [0.25, 0.3) is 0 Å². The van der Waals surface area contributed by atoms with Crippen molar-refractivity contribution in [3.63, 3.8) is 0 Å². The number of aryl methyl sites for hydroxylation is 2. The van der Waals surface area contributed by atoms with Crippen LogP contribution in [0.3, 0.4) is 0 Å². The molecule has 1 N–H and O–H groups in total. The van der Waals surface area contributed by atoms with E-state index in [1.165, 1.54) is 27.8 Å². The third-order valence-corrected chi connectivity index (χ3v) is 3.94. The molecule has 3 rings (SSSR count). The lowest BCUT2D eigenvalue weighted by atomic mass is 9.86. The second-order valence-corrected chi connectivity index (χ2v) is 5.14. The fourth-order valence-electron chi connectivity index (χ4n) is 3.04. The van der Waals surface area contributed by atoms with Crippen molar-refractivity contribution in [2.24, 2.45) is 0 Å². The molecule has 2 aromatic rings. The molecular formula is C17H19N. The first-order chi connectivity index (χ1) is 8.77. The predicted octanol–water partition coefficient (Wildman–Crippen LogP) is 3.54. The molecule has 1 nitrogen and oxygen atoms in total. The first kappa shape index (κ1) is 11.5. The van der Waals surface area contributed by atoms with Crippen LogP contribution in [0.5, 0.6) is 0 Å². The van der Waals surface area contributed by atoms with Crippen LogP contribution >= 0.6 is 0 Å². The van der Waals surface area contributed by atoms with Gasteiger partial charge in [0.15, 0.2) is 0 Å². The number of hydrogen-bond acceptors (Lipinski definition) is 1. The lowest BCUT2D eigenvalue weighted by molar-refractivity contribution is 0.563. The molecule has 0 aromatic heterocycles. The largest absolute Gasteiger partial charge is 0.306 e. The van der Waals surface area contributed by atoms with Crippen LogP contribution in [0.2, 0.25) is 0 Å². The fraction of sp³-hybridized carbons (Fsp3) is 0.294. The van der Waals surface area contributed by atoms with Crippen molar-refractivity contribution in [3.8, 4) is 0 Å². The molecular weight excluding hydrogens is 218 g/mol. The number of rotatable bonds is 1. The van der Waals surface area contributed by atoms with E-state index >= 15 is 0 Å². The maximum atomic E-state index is 3.67. The van der Waals surface area contributed by atoms with Gasteiger partial charge in [0.1, 0.15) is 0 Å². The van der Waals surface area contributed by atoms with Crippen molar-refractivity contribution in [3.05, 3.63) is 70.3 Å². The van der Waals surface area contributed by atoms with Crippen molar-refractivity contribution < 1.29 is 0 Å². The number of benzene rings is 2. The number of fused-ring (bicyclic) bond motifs is 1. The Morgan fingerprint density at radius 1 is 0.944 bits per heavy atom. The fourth-order valence-corrected chi connectivity index (χ4v) is 3.04. The summed E-state index contributed by atoms with van der Waals surface area (Å²) in [4.78, 5) is 0. The first-order valence-electron chi connectivity index (χ1n) is 6.64. The Morgan fingerprint density at radius 2 is 1.67 bits per heavy atom. The van der Waals surface area contributed by atoms with E-state index in [2.05, 4.69) is 61.6 Å². The minimum Gasteiger partial charge on any atom is -0.306 e. The summed E-state index contributed by atoms with van der Waals surface area (Å²) in [5.74, 6) is 0. The van der Waals surface area contributed by atoms with Gasteiger partial charge in [-0.1, -0.05) is 42.5 Å². The minimum absolute atomic E-state index is 0.358. The van der Waals surface area contributed by atoms with Crippen molar-refractivity contribution in [2.45, 2.75) is 26.3 Å². The zero-order valence-electron chi connectivity index (χ0n) is 11.0. The average Bonchev–Trinajstić information content (AvgIpc) is 2.39. The van der Waals surface area contributed by atoms with Crippen molar-refractivity contribution >= 4 is 0 Å². The molecule has 0 saturated carbocycles. The molecule has 2 aromatic carbocycles. The normalized spacial score (nSPS) is 18.4. The lowest BCUT2D eigenvalue weighted by Gasteiger charge is -2.29. The van der Waals surface area contributed by atoms with Gasteiger partial charge in [-0.3, -0.25) is 0 Å². The van der Waals surface area contributed by atoms with Crippen LogP contribution in [-0.4, -0.2) is 6.54 Å². The highest BCUT2D eigenvalue weighted by molar-refractivity contribution is 5.45. The van der Waals surface area contributed by atoms with Gasteiger partial charge in [0.05, 0.1) is 6.04 Å². The number of nitrogens with one attached hydrogen (secondary N) is 1. The van der Waals surface area contributed by atoms with E-state index in [0.29, 0.717) is 6.04 Å². The Balaban J connectivity index is 2.14. The van der Waals surface area contributed by atoms with Crippen LogP contribution in [0.25, 0.3) is 0 Å². The molecule has 0 bridgehead atoms. The predicted molar refractivity (Wildman–Crippen MR) is 75.9 cm³/mol. The van der Waals surface area contributed by atoms with E-state index in [0.717, 1.165) is 13.0 Å². The molecule has 0 spiro atoms. The van der Waals surface area contributed by atoms with Crippen LogP contribution in [0.15, 0.2) is 42.5 Å². The summed E-state index contributed by atoms with van der Waals surface area (Å²) < 4.78 is 0. The van der Waals surface area contributed by atoms with E-state index in [1.807, 2.05) is 0 Å². The van der Waals surface area contributed by atoms with Crippen molar-refractivity contribution in [1.29, 1.82) is 0 Å². The van der Waals surface area contributed by atoms with E-state index in [-0.39, 0.29) is 0 Å². The molecule has 92 valence electrons. The van der Waals surface area contributed by atoms with Crippen molar-refractivity contribution in [1.82, 2.24) is 5.32 Å². The Hall–Kier alpha value is -1.60. The highest BCUT2D eigenvalue weighted by Gasteiger charge is 2.23. The molecule has 18 heavy (non-hydrogen) atoms. The molecule has 1 unspecified atom stereocenters.